The fraction of sp³-hybridized carbons (Fsp3) is 0.182. The van der Waals surface area contributed by atoms with Crippen LogP contribution in [0.25, 0.3) is 0 Å². The molecule has 0 aliphatic carbocycles. The van der Waals surface area contributed by atoms with E-state index in [1.54, 1.807) is 7.11 Å². The molecule has 1 aliphatic heterocycles. The lowest BCUT2D eigenvalue weighted by atomic mass is 9.92. The van der Waals surface area contributed by atoms with Gasteiger partial charge in [-0.05, 0) is 23.8 Å². The van der Waals surface area contributed by atoms with E-state index in [0.717, 1.165) is 23.6 Å². The molecule has 3 nitrogen and oxygen atoms in total. The normalized spacial score (nSPS) is 18.8. The van der Waals surface area contributed by atoms with Crippen molar-refractivity contribution in [3.05, 3.63) is 90.0 Å². The number of rotatable bonds is 4. The van der Waals surface area contributed by atoms with E-state index in [1.165, 1.54) is 11.1 Å². The summed E-state index contributed by atoms with van der Waals surface area (Å²) >= 11 is 0. The van der Waals surface area contributed by atoms with Crippen molar-refractivity contribution in [2.24, 2.45) is 0 Å². The van der Waals surface area contributed by atoms with Gasteiger partial charge in [0.25, 0.3) is 0 Å². The largest absolute Gasteiger partial charge is 0.497 e. The summed E-state index contributed by atoms with van der Waals surface area (Å²) in [5.41, 5.74) is 3.44. The average molecular weight is 331 g/mol. The third-order valence-corrected chi connectivity index (χ3v) is 4.60. The molecule has 0 bridgehead atoms. The van der Waals surface area contributed by atoms with Crippen molar-refractivity contribution < 1.29 is 9.47 Å². The SMILES string of the molecule is COc1cccc(NC2CC(c3ccccc3)Oc3ccccc32)c1. The number of fused-ring (bicyclic) bond motifs is 1. The molecular formula is C22H21NO2. The van der Waals surface area contributed by atoms with Gasteiger partial charge in [0.05, 0.1) is 13.2 Å². The first kappa shape index (κ1) is 15.6. The molecule has 3 heteroatoms. The molecule has 0 saturated carbocycles. The summed E-state index contributed by atoms with van der Waals surface area (Å²) in [6, 6.07) is 26.9. The van der Waals surface area contributed by atoms with E-state index in [-0.39, 0.29) is 12.1 Å². The Hall–Kier alpha value is -2.94. The number of methoxy groups -OCH3 is 1. The van der Waals surface area contributed by atoms with Crippen molar-refractivity contribution in [1.82, 2.24) is 0 Å². The first-order valence-corrected chi connectivity index (χ1v) is 8.54. The number of anilines is 1. The minimum Gasteiger partial charge on any atom is -0.497 e. The van der Waals surface area contributed by atoms with Crippen LogP contribution in [0.4, 0.5) is 5.69 Å². The average Bonchev–Trinajstić information content (AvgIpc) is 2.69. The van der Waals surface area contributed by atoms with E-state index in [1.807, 2.05) is 36.4 Å². The summed E-state index contributed by atoms with van der Waals surface area (Å²) in [5, 5.41) is 3.65. The fourth-order valence-electron chi connectivity index (χ4n) is 3.34. The van der Waals surface area contributed by atoms with Gasteiger partial charge >= 0.3 is 0 Å². The lowest BCUT2D eigenvalue weighted by molar-refractivity contribution is 0.165. The van der Waals surface area contributed by atoms with Crippen molar-refractivity contribution in [3.63, 3.8) is 0 Å². The molecule has 1 N–H and O–H groups in total. The van der Waals surface area contributed by atoms with E-state index < -0.39 is 0 Å². The Morgan fingerprint density at radius 1 is 0.920 bits per heavy atom. The Labute approximate surface area is 148 Å². The molecule has 25 heavy (non-hydrogen) atoms. The molecule has 4 rings (SSSR count). The van der Waals surface area contributed by atoms with Gasteiger partial charge in [0.2, 0.25) is 0 Å². The molecule has 1 heterocycles. The monoisotopic (exact) mass is 331 g/mol. The molecule has 1 aliphatic rings. The van der Waals surface area contributed by atoms with Crippen LogP contribution in [0.5, 0.6) is 11.5 Å². The molecule has 0 spiro atoms. The molecule has 3 aromatic rings. The maximum Gasteiger partial charge on any atom is 0.126 e. The van der Waals surface area contributed by atoms with Crippen molar-refractivity contribution >= 4 is 5.69 Å². The highest BCUT2D eigenvalue weighted by Gasteiger charge is 2.29. The van der Waals surface area contributed by atoms with Gasteiger partial charge in [-0.25, -0.2) is 0 Å². The van der Waals surface area contributed by atoms with Gasteiger partial charge in [-0.15, -0.1) is 0 Å². The number of benzene rings is 3. The molecule has 2 unspecified atom stereocenters. The third-order valence-electron chi connectivity index (χ3n) is 4.60. The van der Waals surface area contributed by atoms with E-state index in [0.29, 0.717) is 0 Å². The lowest BCUT2D eigenvalue weighted by Gasteiger charge is -2.33. The second-order valence-electron chi connectivity index (χ2n) is 6.22. The molecule has 0 radical (unpaired) electrons. The summed E-state index contributed by atoms with van der Waals surface area (Å²) in [5.74, 6) is 1.80. The highest BCUT2D eigenvalue weighted by atomic mass is 16.5. The van der Waals surface area contributed by atoms with E-state index in [9.17, 15) is 0 Å². The quantitative estimate of drug-likeness (QED) is 0.697. The van der Waals surface area contributed by atoms with Crippen LogP contribution in [-0.2, 0) is 0 Å². The number of ether oxygens (including phenoxy) is 2. The predicted octanol–water partition coefficient (Wildman–Crippen LogP) is 5.37. The van der Waals surface area contributed by atoms with Gasteiger partial charge in [0.1, 0.15) is 17.6 Å². The molecule has 0 amide bonds. The molecule has 3 aromatic carbocycles. The molecule has 2 atom stereocenters. The zero-order chi connectivity index (χ0) is 17.1. The van der Waals surface area contributed by atoms with Crippen molar-refractivity contribution in [3.8, 4) is 11.5 Å². The Morgan fingerprint density at radius 3 is 2.56 bits per heavy atom. The predicted molar refractivity (Wildman–Crippen MR) is 100 cm³/mol. The van der Waals surface area contributed by atoms with Crippen molar-refractivity contribution in [2.75, 3.05) is 12.4 Å². The van der Waals surface area contributed by atoms with Crippen LogP contribution in [0, 0.1) is 0 Å². The van der Waals surface area contributed by atoms with Gasteiger partial charge in [-0.3, -0.25) is 0 Å². The van der Waals surface area contributed by atoms with Gasteiger partial charge in [-0.1, -0.05) is 54.6 Å². The standard InChI is InChI=1S/C22H21NO2/c1-24-18-11-7-10-17(14-18)23-20-15-22(16-8-3-2-4-9-16)25-21-13-6-5-12-19(20)21/h2-14,20,22-23H,15H2,1H3. The number of para-hydroxylation sites is 1. The molecule has 0 saturated heterocycles. The molecule has 126 valence electrons. The van der Waals surface area contributed by atoms with Crippen LogP contribution in [-0.4, -0.2) is 7.11 Å². The van der Waals surface area contributed by atoms with Crippen LogP contribution >= 0.6 is 0 Å². The first-order valence-electron chi connectivity index (χ1n) is 8.54. The highest BCUT2D eigenvalue weighted by Crippen LogP contribution is 2.42. The topological polar surface area (TPSA) is 30.5 Å². The Morgan fingerprint density at radius 2 is 1.72 bits per heavy atom. The van der Waals surface area contributed by atoms with E-state index in [2.05, 4.69) is 47.8 Å². The van der Waals surface area contributed by atoms with Crippen LogP contribution < -0.4 is 14.8 Å². The lowest BCUT2D eigenvalue weighted by Crippen LogP contribution is -2.23. The summed E-state index contributed by atoms with van der Waals surface area (Å²) < 4.78 is 11.6. The minimum atomic E-state index is 0.0409. The van der Waals surface area contributed by atoms with Crippen molar-refractivity contribution in [2.45, 2.75) is 18.6 Å². The van der Waals surface area contributed by atoms with Crippen molar-refractivity contribution in [1.29, 1.82) is 0 Å². The van der Waals surface area contributed by atoms with Crippen LogP contribution in [0.3, 0.4) is 0 Å². The van der Waals surface area contributed by atoms with Gasteiger partial charge in [0, 0.05) is 23.7 Å². The zero-order valence-electron chi connectivity index (χ0n) is 14.2. The smallest absolute Gasteiger partial charge is 0.126 e. The Balaban J connectivity index is 1.65. The number of hydrogen-bond acceptors (Lipinski definition) is 3. The minimum absolute atomic E-state index is 0.0409. The number of nitrogens with one attached hydrogen (secondary N) is 1. The molecule has 0 aromatic heterocycles. The first-order chi connectivity index (χ1) is 12.3. The summed E-state index contributed by atoms with van der Waals surface area (Å²) in [6.45, 7) is 0. The summed E-state index contributed by atoms with van der Waals surface area (Å²) in [7, 11) is 1.69. The summed E-state index contributed by atoms with van der Waals surface area (Å²) in [4.78, 5) is 0. The maximum atomic E-state index is 6.27. The van der Waals surface area contributed by atoms with Crippen LogP contribution in [0.1, 0.15) is 29.7 Å². The van der Waals surface area contributed by atoms with Crippen LogP contribution in [0.2, 0.25) is 0 Å². The Kier molecular flexibility index (Phi) is 4.30. The van der Waals surface area contributed by atoms with Gasteiger partial charge < -0.3 is 14.8 Å². The fourth-order valence-corrected chi connectivity index (χ4v) is 3.34. The van der Waals surface area contributed by atoms with Gasteiger partial charge in [-0.2, -0.15) is 0 Å². The maximum absolute atomic E-state index is 6.27. The van der Waals surface area contributed by atoms with E-state index in [4.69, 9.17) is 9.47 Å². The summed E-state index contributed by atoms with van der Waals surface area (Å²) in [6.07, 6.45) is 0.914. The van der Waals surface area contributed by atoms with Crippen LogP contribution in [0.15, 0.2) is 78.9 Å². The highest BCUT2D eigenvalue weighted by molar-refractivity contribution is 5.52. The Bertz CT molecular complexity index is 847. The zero-order valence-corrected chi connectivity index (χ0v) is 14.2. The number of hydrogen-bond donors (Lipinski definition) is 1. The second-order valence-corrected chi connectivity index (χ2v) is 6.22. The second kappa shape index (κ2) is 6.89. The molecule has 0 fully saturated rings. The third kappa shape index (κ3) is 3.31. The van der Waals surface area contributed by atoms with Gasteiger partial charge in [0.15, 0.2) is 0 Å². The molecular weight excluding hydrogens is 310 g/mol. The van der Waals surface area contributed by atoms with E-state index >= 15 is 0 Å².